The molecule has 1 aromatic carbocycles. The van der Waals surface area contributed by atoms with E-state index in [2.05, 4.69) is 26.2 Å². The van der Waals surface area contributed by atoms with Crippen LogP contribution in [-0.2, 0) is 6.54 Å². The molecule has 18 heavy (non-hydrogen) atoms. The number of ether oxygens (including phenoxy) is 2. The van der Waals surface area contributed by atoms with Crippen molar-refractivity contribution in [2.45, 2.75) is 6.54 Å². The van der Waals surface area contributed by atoms with Crippen molar-refractivity contribution in [1.82, 2.24) is 4.98 Å². The molecule has 2 heterocycles. The van der Waals surface area contributed by atoms with Crippen molar-refractivity contribution in [2.24, 2.45) is 0 Å². The molecule has 94 valence electrons. The summed E-state index contributed by atoms with van der Waals surface area (Å²) in [6.45, 7) is 1.96. The molecular formula is C12H11BrN2O2S. The van der Waals surface area contributed by atoms with E-state index >= 15 is 0 Å². The fourth-order valence-corrected chi connectivity index (χ4v) is 2.71. The molecule has 0 fully saturated rings. The number of halogens is 1. The van der Waals surface area contributed by atoms with Crippen molar-refractivity contribution in [1.29, 1.82) is 0 Å². The summed E-state index contributed by atoms with van der Waals surface area (Å²) in [6.07, 6.45) is 1.86. The SMILES string of the molecule is Brc1cc2c(cc1NCc1cncs1)OCCO2. The van der Waals surface area contributed by atoms with Crippen molar-refractivity contribution in [2.75, 3.05) is 18.5 Å². The molecule has 4 nitrogen and oxygen atoms in total. The summed E-state index contributed by atoms with van der Waals surface area (Å²) in [4.78, 5) is 5.24. The quantitative estimate of drug-likeness (QED) is 0.939. The average molecular weight is 327 g/mol. The molecule has 0 unspecified atom stereocenters. The Hall–Kier alpha value is -1.27. The van der Waals surface area contributed by atoms with Crippen LogP contribution >= 0.6 is 27.3 Å². The van der Waals surface area contributed by atoms with Crippen LogP contribution in [0.15, 0.2) is 28.3 Å². The van der Waals surface area contributed by atoms with Crippen LogP contribution in [0.25, 0.3) is 0 Å². The van der Waals surface area contributed by atoms with E-state index in [1.165, 1.54) is 4.88 Å². The van der Waals surface area contributed by atoms with Gasteiger partial charge in [-0.05, 0) is 15.9 Å². The van der Waals surface area contributed by atoms with Crippen LogP contribution in [0, 0.1) is 0 Å². The Morgan fingerprint density at radius 3 is 2.78 bits per heavy atom. The Kier molecular flexibility index (Phi) is 3.38. The van der Waals surface area contributed by atoms with E-state index in [9.17, 15) is 0 Å². The zero-order valence-electron chi connectivity index (χ0n) is 9.48. The first-order valence-electron chi connectivity index (χ1n) is 5.53. The van der Waals surface area contributed by atoms with Crippen LogP contribution < -0.4 is 14.8 Å². The largest absolute Gasteiger partial charge is 0.486 e. The molecule has 0 aliphatic carbocycles. The first-order chi connectivity index (χ1) is 8.83. The molecule has 1 aliphatic rings. The Bertz CT molecular complexity index is 545. The third kappa shape index (κ3) is 2.44. The first kappa shape index (κ1) is 11.8. The maximum absolute atomic E-state index is 5.56. The number of hydrogen-bond acceptors (Lipinski definition) is 5. The molecule has 0 spiro atoms. The number of hydrogen-bond donors (Lipinski definition) is 1. The van der Waals surface area contributed by atoms with E-state index < -0.39 is 0 Å². The minimum Gasteiger partial charge on any atom is -0.486 e. The summed E-state index contributed by atoms with van der Waals surface area (Å²) in [7, 11) is 0. The normalized spacial score (nSPS) is 13.4. The summed E-state index contributed by atoms with van der Waals surface area (Å²) in [6, 6.07) is 3.89. The molecule has 0 radical (unpaired) electrons. The van der Waals surface area contributed by atoms with Gasteiger partial charge in [0.15, 0.2) is 11.5 Å². The molecule has 1 aliphatic heterocycles. The van der Waals surface area contributed by atoms with E-state index in [0.717, 1.165) is 28.2 Å². The van der Waals surface area contributed by atoms with Gasteiger partial charge in [0.1, 0.15) is 13.2 Å². The summed E-state index contributed by atoms with van der Waals surface area (Å²) < 4.78 is 12.0. The second-order valence-electron chi connectivity index (χ2n) is 3.80. The number of benzene rings is 1. The van der Waals surface area contributed by atoms with Gasteiger partial charge in [0.05, 0.1) is 17.7 Å². The molecule has 6 heteroatoms. The van der Waals surface area contributed by atoms with E-state index in [1.54, 1.807) is 11.3 Å². The number of nitrogens with zero attached hydrogens (tertiary/aromatic N) is 1. The summed E-state index contributed by atoms with van der Waals surface area (Å²) >= 11 is 5.16. The van der Waals surface area contributed by atoms with E-state index in [1.807, 2.05) is 23.8 Å². The van der Waals surface area contributed by atoms with E-state index in [4.69, 9.17) is 9.47 Å². The van der Waals surface area contributed by atoms with Gasteiger partial charge >= 0.3 is 0 Å². The van der Waals surface area contributed by atoms with Crippen LogP contribution in [-0.4, -0.2) is 18.2 Å². The first-order valence-corrected chi connectivity index (χ1v) is 7.20. The van der Waals surface area contributed by atoms with Gasteiger partial charge in [-0.3, -0.25) is 4.98 Å². The molecular weight excluding hydrogens is 316 g/mol. The number of fused-ring (bicyclic) bond motifs is 1. The highest BCUT2D eigenvalue weighted by Gasteiger charge is 2.14. The number of thiazole rings is 1. The second-order valence-corrected chi connectivity index (χ2v) is 5.62. The lowest BCUT2D eigenvalue weighted by molar-refractivity contribution is 0.171. The van der Waals surface area contributed by atoms with Crippen LogP contribution in [0.4, 0.5) is 5.69 Å². The molecule has 0 saturated heterocycles. The molecule has 0 saturated carbocycles. The number of nitrogens with one attached hydrogen (secondary N) is 1. The predicted molar refractivity (Wildman–Crippen MR) is 74.6 cm³/mol. The third-order valence-electron chi connectivity index (χ3n) is 2.57. The lowest BCUT2D eigenvalue weighted by Crippen LogP contribution is -2.15. The highest BCUT2D eigenvalue weighted by molar-refractivity contribution is 9.10. The van der Waals surface area contributed by atoms with Gasteiger partial charge in [-0.15, -0.1) is 11.3 Å². The van der Waals surface area contributed by atoms with Gasteiger partial charge in [-0.2, -0.15) is 0 Å². The van der Waals surface area contributed by atoms with Crippen LogP contribution in [0.5, 0.6) is 11.5 Å². The van der Waals surface area contributed by atoms with Crippen molar-refractivity contribution < 1.29 is 9.47 Å². The third-order valence-corrected chi connectivity index (χ3v) is 4.00. The molecule has 1 aromatic heterocycles. The van der Waals surface area contributed by atoms with Crippen molar-refractivity contribution in [3.63, 3.8) is 0 Å². The van der Waals surface area contributed by atoms with Crippen LogP contribution in [0.2, 0.25) is 0 Å². The molecule has 2 aromatic rings. The standard InChI is InChI=1S/C12H11BrN2O2S/c13-9-3-11-12(17-2-1-16-11)4-10(9)15-6-8-5-14-7-18-8/h3-5,7,15H,1-2,6H2. The van der Waals surface area contributed by atoms with Crippen LogP contribution in [0.1, 0.15) is 4.88 Å². The fraction of sp³-hybridized carbons (Fsp3) is 0.250. The van der Waals surface area contributed by atoms with Gasteiger partial charge in [-0.25, -0.2) is 0 Å². The zero-order valence-corrected chi connectivity index (χ0v) is 11.9. The topological polar surface area (TPSA) is 43.4 Å². The Balaban J connectivity index is 1.79. The van der Waals surface area contributed by atoms with E-state index in [-0.39, 0.29) is 0 Å². The summed E-state index contributed by atoms with van der Waals surface area (Å²) in [5, 5.41) is 3.35. The lowest BCUT2D eigenvalue weighted by atomic mass is 10.2. The number of anilines is 1. The lowest BCUT2D eigenvalue weighted by Gasteiger charge is -2.20. The van der Waals surface area contributed by atoms with Crippen molar-refractivity contribution in [3.05, 3.63) is 33.2 Å². The minimum absolute atomic E-state index is 0.600. The Labute approximate surface area is 117 Å². The summed E-state index contributed by atoms with van der Waals surface area (Å²) in [5.74, 6) is 1.58. The van der Waals surface area contributed by atoms with Gasteiger partial charge in [-0.1, -0.05) is 0 Å². The zero-order chi connectivity index (χ0) is 12.4. The summed E-state index contributed by atoms with van der Waals surface area (Å²) in [5.41, 5.74) is 2.82. The highest BCUT2D eigenvalue weighted by atomic mass is 79.9. The van der Waals surface area contributed by atoms with Gasteiger partial charge in [0.2, 0.25) is 0 Å². The highest BCUT2D eigenvalue weighted by Crippen LogP contribution is 2.38. The maximum Gasteiger partial charge on any atom is 0.163 e. The molecule has 0 atom stereocenters. The monoisotopic (exact) mass is 326 g/mol. The smallest absolute Gasteiger partial charge is 0.163 e. The Morgan fingerprint density at radius 1 is 1.28 bits per heavy atom. The average Bonchev–Trinajstić information content (AvgIpc) is 2.89. The second kappa shape index (κ2) is 5.16. The molecule has 0 bridgehead atoms. The van der Waals surface area contributed by atoms with Crippen LogP contribution in [0.3, 0.4) is 0 Å². The predicted octanol–water partition coefficient (Wildman–Crippen LogP) is 3.29. The maximum atomic E-state index is 5.56. The van der Waals surface area contributed by atoms with Crippen molar-refractivity contribution >= 4 is 33.0 Å². The Morgan fingerprint density at radius 2 is 2.06 bits per heavy atom. The fourth-order valence-electron chi connectivity index (χ4n) is 1.71. The minimum atomic E-state index is 0.600. The van der Waals surface area contributed by atoms with Gasteiger partial charge in [0.25, 0.3) is 0 Å². The van der Waals surface area contributed by atoms with Gasteiger partial charge in [0, 0.05) is 27.7 Å². The molecule has 1 N–H and O–H groups in total. The van der Waals surface area contributed by atoms with Crippen molar-refractivity contribution in [3.8, 4) is 11.5 Å². The number of aromatic nitrogens is 1. The van der Waals surface area contributed by atoms with E-state index in [0.29, 0.717) is 13.2 Å². The van der Waals surface area contributed by atoms with Gasteiger partial charge < -0.3 is 14.8 Å². The molecule has 0 amide bonds. The number of rotatable bonds is 3. The molecule has 3 rings (SSSR count).